The van der Waals surface area contributed by atoms with Gasteiger partial charge in [0.1, 0.15) is 0 Å². The van der Waals surface area contributed by atoms with Crippen molar-refractivity contribution < 1.29 is 0 Å². The second-order valence-electron chi connectivity index (χ2n) is 35.8. The van der Waals surface area contributed by atoms with Gasteiger partial charge in [0.2, 0.25) is 0 Å². The zero-order valence-corrected chi connectivity index (χ0v) is 81.2. The molecular formula is C106H218. The van der Waals surface area contributed by atoms with Crippen molar-refractivity contribution in [2.24, 2.45) is 52.8 Å². The highest BCUT2D eigenvalue weighted by Crippen LogP contribution is 2.29. The van der Waals surface area contributed by atoms with Gasteiger partial charge >= 0.3 is 0 Å². The SMILES string of the molecule is CC1CCC(C)CC1.CCC.CCC(C)C.CCCC.CCCC(C)(C)CCC.CCCCC.CCCCC(C)C(C)CC.CCCCCCCCCC(C)C.CCCCCCCCCCCC(C)C.CCCCCCCCCCCCCCCC(C)C.CCc1ccc(CC)cc1.Cc1ccc(C)cc1. The van der Waals surface area contributed by atoms with Gasteiger partial charge in [-0.1, -0.05) is 582 Å². The van der Waals surface area contributed by atoms with E-state index in [1.165, 1.54) is 350 Å². The van der Waals surface area contributed by atoms with Gasteiger partial charge in [-0.15, -0.1) is 0 Å². The minimum Gasteiger partial charge on any atom is -0.0656 e. The first-order valence-electron chi connectivity index (χ1n) is 48.7. The fourth-order valence-corrected chi connectivity index (χ4v) is 12.1. The standard InChI is InChI=1S/C18H38.C14H30.C12H26.C10H14.C10H22.C9H20.C8H16.C8H10.2C5H12.C4H10.C3H8/c1-4-5-6-7-8-9-10-11-12-13-14-15-16-17-18(2)3;1-4-5-6-7-8-9-10-11-12-13-14(2)3;1-4-5-6-7-8-9-10-11-12(2)3;1-3-9-5-7-10(4-2)8-6-9;1-5-7-8-10(4)9(3)6-2;1-5-7-9(3,4)8-6-2;2*1-7-3-5-8(2)6-4-7;1-4-5(2)3;1-3-5-4-2;1-3-4-2;1-3-2/h18H,4-17H2,1-3H3;14H,4-13H2,1-3H3;12H,4-11H2,1-3H3;5-8H,3-4H2,1-2H3;9-10H,5-8H2,1-4H3;5-8H2,1-4H3;7-8H,3-6H2,1-2H3;3-6H,1-2H3;5H,4H2,1-3H3;3-5H2,1-2H3;3-4H2,1-2H3;3H2,1-2H3. The molecule has 0 heteroatoms. The maximum absolute atomic E-state index is 2.38. The molecule has 1 aliphatic rings. The Bertz CT molecular complexity index is 1610. The summed E-state index contributed by atoms with van der Waals surface area (Å²) in [5.74, 6) is 7.49. The maximum atomic E-state index is 2.38. The van der Waals surface area contributed by atoms with E-state index in [2.05, 4.69) is 270 Å². The van der Waals surface area contributed by atoms with Crippen LogP contribution in [0.5, 0.6) is 0 Å². The third kappa shape index (κ3) is 129. The molecule has 0 radical (unpaired) electrons. The molecule has 0 aromatic heterocycles. The van der Waals surface area contributed by atoms with Gasteiger partial charge in [0.05, 0.1) is 0 Å². The van der Waals surface area contributed by atoms with E-state index in [0.717, 1.165) is 60.2 Å². The topological polar surface area (TPSA) is 0 Å². The number of aryl methyl sites for hydroxylation is 4. The second-order valence-corrected chi connectivity index (χ2v) is 35.8. The van der Waals surface area contributed by atoms with Crippen LogP contribution in [0.3, 0.4) is 0 Å². The molecule has 0 amide bonds. The van der Waals surface area contributed by atoms with Crippen LogP contribution in [-0.4, -0.2) is 0 Å². The lowest BCUT2D eigenvalue weighted by molar-refractivity contribution is 0.301. The minimum absolute atomic E-state index is 0.601. The highest BCUT2D eigenvalue weighted by atomic mass is 14.2. The molecule has 106 heavy (non-hydrogen) atoms. The Labute approximate surface area is 681 Å². The van der Waals surface area contributed by atoms with Crippen LogP contribution in [-0.2, 0) is 12.8 Å². The zero-order chi connectivity index (χ0) is 82.6. The molecule has 3 rings (SSSR count). The normalized spacial score (nSPS) is 13.2. The molecule has 642 valence electrons. The predicted molar refractivity (Wildman–Crippen MR) is 506 cm³/mol. The fraction of sp³-hybridized carbons (Fsp3) is 0.887. The van der Waals surface area contributed by atoms with E-state index >= 15 is 0 Å². The molecule has 2 aromatic carbocycles. The van der Waals surface area contributed by atoms with Crippen molar-refractivity contribution in [2.45, 2.75) is 562 Å². The van der Waals surface area contributed by atoms with Gasteiger partial charge in [0.15, 0.2) is 0 Å². The van der Waals surface area contributed by atoms with Crippen LogP contribution >= 0.6 is 0 Å². The van der Waals surface area contributed by atoms with Crippen LogP contribution in [0.2, 0.25) is 0 Å². The lowest BCUT2D eigenvalue weighted by Gasteiger charge is -2.22. The van der Waals surface area contributed by atoms with Crippen molar-refractivity contribution in [1.82, 2.24) is 0 Å². The first kappa shape index (κ1) is 123. The number of benzene rings is 2. The Morgan fingerprint density at radius 2 is 0.491 bits per heavy atom. The summed E-state index contributed by atoms with van der Waals surface area (Å²) in [5, 5.41) is 0. The second kappa shape index (κ2) is 105. The van der Waals surface area contributed by atoms with Crippen LogP contribution < -0.4 is 0 Å². The Hall–Kier alpha value is -1.56. The van der Waals surface area contributed by atoms with E-state index in [1.807, 2.05) is 0 Å². The van der Waals surface area contributed by atoms with E-state index < -0.39 is 0 Å². The number of hydrogen-bond acceptors (Lipinski definition) is 0. The van der Waals surface area contributed by atoms with Gasteiger partial charge in [-0.2, -0.15) is 0 Å². The van der Waals surface area contributed by atoms with Gasteiger partial charge in [0.25, 0.3) is 0 Å². The van der Waals surface area contributed by atoms with Crippen LogP contribution in [0, 0.1) is 66.6 Å². The molecule has 2 unspecified atom stereocenters. The van der Waals surface area contributed by atoms with E-state index in [-0.39, 0.29) is 0 Å². The third-order valence-electron chi connectivity index (χ3n) is 21.0. The molecule has 1 aliphatic carbocycles. The van der Waals surface area contributed by atoms with Crippen LogP contribution in [0.4, 0.5) is 0 Å². The Morgan fingerprint density at radius 1 is 0.264 bits per heavy atom. The largest absolute Gasteiger partial charge is 0.0656 e. The fourth-order valence-electron chi connectivity index (χ4n) is 12.1. The monoisotopic (exact) mass is 1490 g/mol. The molecule has 2 atom stereocenters. The van der Waals surface area contributed by atoms with Gasteiger partial charge in [-0.25, -0.2) is 0 Å². The molecule has 0 heterocycles. The summed E-state index contributed by atoms with van der Waals surface area (Å²) in [6.45, 7) is 72.3. The van der Waals surface area contributed by atoms with E-state index in [0.29, 0.717) is 5.41 Å². The van der Waals surface area contributed by atoms with Crippen molar-refractivity contribution in [3.63, 3.8) is 0 Å². The molecule has 2 aromatic rings. The van der Waals surface area contributed by atoms with Crippen LogP contribution in [0.25, 0.3) is 0 Å². The van der Waals surface area contributed by atoms with Gasteiger partial charge in [0, 0.05) is 0 Å². The summed E-state index contributed by atoms with van der Waals surface area (Å²) in [6, 6.07) is 17.3. The van der Waals surface area contributed by atoms with Crippen molar-refractivity contribution in [3.8, 4) is 0 Å². The molecule has 0 saturated heterocycles. The lowest BCUT2D eigenvalue weighted by Crippen LogP contribution is -2.09. The maximum Gasteiger partial charge on any atom is -0.0307 e. The average Bonchev–Trinajstić information content (AvgIpc) is 0.951. The lowest BCUT2D eigenvalue weighted by atomic mass is 9.84. The summed E-state index contributed by atoms with van der Waals surface area (Å²) >= 11 is 0. The summed E-state index contributed by atoms with van der Waals surface area (Å²) < 4.78 is 0. The predicted octanol–water partition coefficient (Wildman–Crippen LogP) is 40.4. The number of rotatable bonds is 47. The van der Waals surface area contributed by atoms with Gasteiger partial charge < -0.3 is 0 Å². The van der Waals surface area contributed by atoms with Crippen molar-refractivity contribution in [2.75, 3.05) is 0 Å². The molecule has 0 aliphatic heterocycles. The zero-order valence-electron chi connectivity index (χ0n) is 81.2. The van der Waals surface area contributed by atoms with Crippen LogP contribution in [0.15, 0.2) is 48.5 Å². The van der Waals surface area contributed by atoms with Crippen molar-refractivity contribution in [3.05, 3.63) is 70.8 Å². The Morgan fingerprint density at radius 3 is 0.660 bits per heavy atom. The minimum atomic E-state index is 0.601. The first-order valence-corrected chi connectivity index (χ1v) is 48.7. The Kier molecular flexibility index (Phi) is 122. The summed E-state index contributed by atoms with van der Waals surface area (Å²) in [4.78, 5) is 0. The molecule has 1 fully saturated rings. The molecule has 0 N–H and O–H groups in total. The quantitative estimate of drug-likeness (QED) is 0.0580. The van der Waals surface area contributed by atoms with E-state index in [4.69, 9.17) is 0 Å². The van der Waals surface area contributed by atoms with Crippen LogP contribution in [0.1, 0.15) is 557 Å². The summed E-state index contributed by atoms with van der Waals surface area (Å²) in [5.41, 5.74) is 6.12. The van der Waals surface area contributed by atoms with E-state index in [1.54, 1.807) is 0 Å². The summed E-state index contributed by atoms with van der Waals surface area (Å²) in [6.07, 6.45) is 74.9. The number of unbranched alkanes of at least 4 members (excludes halogenated alkanes) is 30. The third-order valence-corrected chi connectivity index (χ3v) is 21.0. The smallest absolute Gasteiger partial charge is 0.0307 e. The molecule has 1 saturated carbocycles. The highest BCUT2D eigenvalue weighted by Gasteiger charge is 2.15. The van der Waals surface area contributed by atoms with Gasteiger partial charge in [-0.05, 0) is 103 Å². The Balaban J connectivity index is -0.000000142. The molecule has 0 nitrogen and oxygen atoms in total. The van der Waals surface area contributed by atoms with Gasteiger partial charge in [-0.3, -0.25) is 0 Å². The van der Waals surface area contributed by atoms with E-state index in [9.17, 15) is 0 Å². The number of hydrogen-bond donors (Lipinski definition) is 0. The van der Waals surface area contributed by atoms with Crippen molar-refractivity contribution >= 4 is 0 Å². The molecule has 0 spiro atoms. The summed E-state index contributed by atoms with van der Waals surface area (Å²) in [7, 11) is 0. The highest BCUT2D eigenvalue weighted by molar-refractivity contribution is 5.22. The molecular weight excluding hydrogens is 1270 g/mol. The van der Waals surface area contributed by atoms with Crippen molar-refractivity contribution in [1.29, 1.82) is 0 Å². The first-order chi connectivity index (χ1) is 50.6. The molecule has 0 bridgehead atoms. The average molecular weight is 1490 g/mol.